The Morgan fingerprint density at radius 2 is 2.00 bits per heavy atom. The quantitative estimate of drug-likeness (QED) is 0.805. The molecule has 1 fully saturated rings. The number of hydrogen-bond donors (Lipinski definition) is 1. The van der Waals surface area contributed by atoms with Gasteiger partial charge in [-0.1, -0.05) is 17.4 Å². The Kier molecular flexibility index (Phi) is 2.89. The van der Waals surface area contributed by atoms with Gasteiger partial charge in [-0.05, 0) is 25.0 Å². The SMILES string of the molecule is O=C(Nc1c(F)cccc1F)c1nn2c(C3CC3)nnc2s1. The van der Waals surface area contributed by atoms with Crippen LogP contribution in [-0.2, 0) is 0 Å². The van der Waals surface area contributed by atoms with Crippen molar-refractivity contribution in [3.8, 4) is 0 Å². The van der Waals surface area contributed by atoms with Gasteiger partial charge in [-0.3, -0.25) is 4.79 Å². The Labute approximate surface area is 126 Å². The lowest BCUT2D eigenvalue weighted by molar-refractivity contribution is 0.102. The Morgan fingerprint density at radius 1 is 1.27 bits per heavy atom. The lowest BCUT2D eigenvalue weighted by Crippen LogP contribution is -2.14. The molecule has 1 aliphatic rings. The second-order valence-corrected chi connectivity index (χ2v) is 5.94. The van der Waals surface area contributed by atoms with E-state index in [2.05, 4.69) is 20.6 Å². The summed E-state index contributed by atoms with van der Waals surface area (Å²) in [6.45, 7) is 0. The van der Waals surface area contributed by atoms with E-state index in [1.807, 2.05) is 0 Å². The molecule has 1 saturated carbocycles. The summed E-state index contributed by atoms with van der Waals surface area (Å²) < 4.78 is 28.6. The van der Waals surface area contributed by atoms with Crippen molar-refractivity contribution in [1.82, 2.24) is 19.8 Å². The molecule has 0 aliphatic heterocycles. The second kappa shape index (κ2) is 4.80. The minimum Gasteiger partial charge on any atom is -0.315 e. The van der Waals surface area contributed by atoms with Crippen LogP contribution in [0.3, 0.4) is 0 Å². The number of para-hydroxylation sites is 1. The van der Waals surface area contributed by atoms with E-state index in [-0.39, 0.29) is 5.01 Å². The molecule has 1 amide bonds. The number of nitrogens with zero attached hydrogens (tertiary/aromatic N) is 4. The van der Waals surface area contributed by atoms with Crippen LogP contribution in [-0.4, -0.2) is 25.7 Å². The summed E-state index contributed by atoms with van der Waals surface area (Å²) in [5, 5.41) is 14.4. The molecule has 1 N–H and O–H groups in total. The van der Waals surface area contributed by atoms with Crippen LogP contribution in [0.1, 0.15) is 34.4 Å². The second-order valence-electron chi connectivity index (χ2n) is 4.98. The predicted octanol–water partition coefficient (Wildman–Crippen LogP) is 2.59. The molecular weight excluding hydrogens is 312 g/mol. The molecule has 0 bridgehead atoms. The van der Waals surface area contributed by atoms with E-state index in [0.717, 1.165) is 42.1 Å². The number of fused-ring (bicyclic) bond motifs is 1. The fourth-order valence-corrected chi connectivity index (χ4v) is 2.85. The van der Waals surface area contributed by atoms with Crippen molar-refractivity contribution in [3.05, 3.63) is 40.7 Å². The maximum atomic E-state index is 13.5. The van der Waals surface area contributed by atoms with Crippen LogP contribution in [0, 0.1) is 11.6 Å². The normalized spacial score (nSPS) is 14.5. The van der Waals surface area contributed by atoms with Crippen LogP contribution < -0.4 is 5.32 Å². The van der Waals surface area contributed by atoms with Crippen molar-refractivity contribution in [3.63, 3.8) is 0 Å². The summed E-state index contributed by atoms with van der Waals surface area (Å²) in [7, 11) is 0. The predicted molar refractivity (Wildman–Crippen MR) is 74.9 cm³/mol. The Hall–Kier alpha value is -2.42. The van der Waals surface area contributed by atoms with E-state index >= 15 is 0 Å². The number of anilines is 1. The monoisotopic (exact) mass is 321 g/mol. The van der Waals surface area contributed by atoms with E-state index in [9.17, 15) is 13.6 Å². The maximum absolute atomic E-state index is 13.5. The van der Waals surface area contributed by atoms with Gasteiger partial charge in [0.2, 0.25) is 9.97 Å². The van der Waals surface area contributed by atoms with E-state index in [1.54, 1.807) is 0 Å². The fraction of sp³-hybridized carbons (Fsp3) is 0.231. The third-order valence-electron chi connectivity index (χ3n) is 3.35. The van der Waals surface area contributed by atoms with Crippen molar-refractivity contribution in [2.24, 2.45) is 0 Å². The van der Waals surface area contributed by atoms with Crippen LogP contribution in [0.15, 0.2) is 18.2 Å². The van der Waals surface area contributed by atoms with Crippen LogP contribution in [0.5, 0.6) is 0 Å². The third-order valence-corrected chi connectivity index (χ3v) is 4.25. The molecule has 2 heterocycles. The summed E-state index contributed by atoms with van der Waals surface area (Å²) in [5.74, 6) is -1.30. The smallest absolute Gasteiger partial charge is 0.286 e. The van der Waals surface area contributed by atoms with E-state index in [1.165, 1.54) is 10.6 Å². The highest BCUT2D eigenvalue weighted by atomic mass is 32.1. The first-order valence-corrected chi connectivity index (χ1v) is 7.42. The van der Waals surface area contributed by atoms with Crippen LogP contribution >= 0.6 is 11.3 Å². The largest absolute Gasteiger partial charge is 0.315 e. The van der Waals surface area contributed by atoms with Gasteiger partial charge in [-0.15, -0.1) is 15.3 Å². The molecule has 1 aliphatic carbocycles. The molecular formula is C13H9F2N5OS. The number of hydrogen-bond acceptors (Lipinski definition) is 5. The van der Waals surface area contributed by atoms with Gasteiger partial charge in [0, 0.05) is 5.92 Å². The summed E-state index contributed by atoms with van der Waals surface area (Å²) >= 11 is 1.02. The number of carbonyl (C=O) groups is 1. The molecule has 0 radical (unpaired) electrons. The zero-order valence-electron chi connectivity index (χ0n) is 11.1. The highest BCUT2D eigenvalue weighted by Gasteiger charge is 2.30. The summed E-state index contributed by atoms with van der Waals surface area (Å²) in [6, 6.07) is 3.37. The van der Waals surface area contributed by atoms with Crippen LogP contribution in [0.2, 0.25) is 0 Å². The summed E-state index contributed by atoms with van der Waals surface area (Å²) in [4.78, 5) is 12.6. The number of amides is 1. The Bertz CT molecular complexity index is 866. The number of rotatable bonds is 3. The lowest BCUT2D eigenvalue weighted by atomic mass is 10.3. The number of benzene rings is 1. The van der Waals surface area contributed by atoms with Gasteiger partial charge in [0.1, 0.15) is 17.3 Å². The first-order chi connectivity index (χ1) is 10.6. The highest BCUT2D eigenvalue weighted by Crippen LogP contribution is 2.39. The van der Waals surface area contributed by atoms with E-state index in [0.29, 0.717) is 10.9 Å². The van der Waals surface area contributed by atoms with Crippen LogP contribution in [0.4, 0.5) is 14.5 Å². The van der Waals surface area contributed by atoms with E-state index in [4.69, 9.17) is 0 Å². The van der Waals surface area contributed by atoms with Crippen molar-refractivity contribution in [2.75, 3.05) is 5.32 Å². The maximum Gasteiger partial charge on any atom is 0.286 e. The number of carbonyl (C=O) groups excluding carboxylic acids is 1. The van der Waals surface area contributed by atoms with Gasteiger partial charge in [-0.25, -0.2) is 8.78 Å². The van der Waals surface area contributed by atoms with Gasteiger partial charge in [0.15, 0.2) is 5.82 Å². The molecule has 0 atom stereocenters. The first-order valence-electron chi connectivity index (χ1n) is 6.61. The number of nitrogens with one attached hydrogen (secondary N) is 1. The lowest BCUT2D eigenvalue weighted by Gasteiger charge is -2.05. The Morgan fingerprint density at radius 3 is 2.68 bits per heavy atom. The van der Waals surface area contributed by atoms with Gasteiger partial charge in [0.25, 0.3) is 5.91 Å². The Balaban J connectivity index is 1.65. The molecule has 2 aromatic heterocycles. The molecule has 0 unspecified atom stereocenters. The summed E-state index contributed by atoms with van der Waals surface area (Å²) in [5.41, 5.74) is -0.485. The fourth-order valence-electron chi connectivity index (χ4n) is 2.10. The number of halogens is 2. The molecule has 9 heteroatoms. The zero-order valence-corrected chi connectivity index (χ0v) is 11.9. The summed E-state index contributed by atoms with van der Waals surface area (Å²) in [6.07, 6.45) is 2.06. The zero-order chi connectivity index (χ0) is 15.3. The molecule has 6 nitrogen and oxygen atoms in total. The molecule has 1 aromatic carbocycles. The van der Waals surface area contributed by atoms with Gasteiger partial charge >= 0.3 is 0 Å². The molecule has 22 heavy (non-hydrogen) atoms. The van der Waals surface area contributed by atoms with Crippen molar-refractivity contribution >= 4 is 27.9 Å². The van der Waals surface area contributed by atoms with Gasteiger partial charge < -0.3 is 5.32 Å². The topological polar surface area (TPSA) is 72.2 Å². The van der Waals surface area contributed by atoms with Crippen molar-refractivity contribution < 1.29 is 13.6 Å². The molecule has 4 rings (SSSR count). The van der Waals surface area contributed by atoms with Crippen molar-refractivity contribution in [1.29, 1.82) is 0 Å². The number of aromatic nitrogens is 4. The minimum absolute atomic E-state index is 0.0782. The first kappa shape index (κ1) is 13.3. The van der Waals surface area contributed by atoms with Crippen molar-refractivity contribution in [2.45, 2.75) is 18.8 Å². The van der Waals surface area contributed by atoms with Gasteiger partial charge in [0.05, 0.1) is 0 Å². The molecule has 112 valence electrons. The van der Waals surface area contributed by atoms with Gasteiger partial charge in [-0.2, -0.15) is 4.52 Å². The molecule has 0 spiro atoms. The molecule has 3 aromatic rings. The third kappa shape index (κ3) is 2.13. The molecule has 0 saturated heterocycles. The standard InChI is InChI=1S/C13H9F2N5OS/c14-7-2-1-3-8(15)9(7)16-11(21)12-19-20-10(6-4-5-6)17-18-13(20)22-12/h1-3,6H,4-5H2,(H,16,21). The average molecular weight is 321 g/mol. The van der Waals surface area contributed by atoms with Crippen LogP contribution in [0.25, 0.3) is 4.96 Å². The average Bonchev–Trinajstić information content (AvgIpc) is 3.10. The minimum atomic E-state index is -0.838. The highest BCUT2D eigenvalue weighted by molar-refractivity contribution is 7.18. The van der Waals surface area contributed by atoms with E-state index < -0.39 is 23.2 Å².